The van der Waals surface area contributed by atoms with Crippen LogP contribution in [-0.4, -0.2) is 33.5 Å². The van der Waals surface area contributed by atoms with Gasteiger partial charge in [-0.3, -0.25) is 4.79 Å². The second kappa shape index (κ2) is 10.9. The van der Waals surface area contributed by atoms with Crippen molar-refractivity contribution in [2.24, 2.45) is 0 Å². The molecule has 31 heavy (non-hydrogen) atoms. The molecule has 0 aliphatic rings. The molecule has 3 aromatic rings. The van der Waals surface area contributed by atoms with Crippen LogP contribution in [0.5, 0.6) is 0 Å². The first-order valence-corrected chi connectivity index (χ1v) is 10.3. The Morgan fingerprint density at radius 3 is 2.42 bits per heavy atom. The van der Waals surface area contributed by atoms with Gasteiger partial charge in [-0.05, 0) is 35.6 Å². The molecule has 1 N–H and O–H groups in total. The predicted molar refractivity (Wildman–Crippen MR) is 119 cm³/mol. The lowest BCUT2D eigenvalue weighted by Gasteiger charge is -2.14. The number of amides is 1. The van der Waals surface area contributed by atoms with Gasteiger partial charge in [-0.1, -0.05) is 67.6 Å². The molecule has 7 heteroatoms. The number of para-hydroxylation sites is 1. The molecule has 2 aromatic carbocycles. The van der Waals surface area contributed by atoms with E-state index in [1.54, 1.807) is 10.9 Å². The summed E-state index contributed by atoms with van der Waals surface area (Å²) in [4.78, 5) is 24.2. The SMILES string of the molecule is CCc1cccc(CC)c1NC(=O)COC(=O)/C=C/c1cn(Cc2ccccc2)nn1. The highest BCUT2D eigenvalue weighted by Gasteiger charge is 2.11. The highest BCUT2D eigenvalue weighted by Crippen LogP contribution is 2.22. The molecule has 0 aliphatic carbocycles. The van der Waals surface area contributed by atoms with E-state index in [1.807, 2.05) is 62.4 Å². The maximum Gasteiger partial charge on any atom is 0.331 e. The summed E-state index contributed by atoms with van der Waals surface area (Å²) in [5.74, 6) is -0.988. The van der Waals surface area contributed by atoms with E-state index in [0.717, 1.165) is 35.2 Å². The fraction of sp³-hybridized carbons (Fsp3) is 0.250. The molecule has 1 aromatic heterocycles. The van der Waals surface area contributed by atoms with E-state index in [9.17, 15) is 9.59 Å². The van der Waals surface area contributed by atoms with Crippen LogP contribution in [0.25, 0.3) is 6.08 Å². The zero-order valence-electron chi connectivity index (χ0n) is 17.7. The number of nitrogens with zero attached hydrogens (tertiary/aromatic N) is 3. The third-order valence-electron chi connectivity index (χ3n) is 4.74. The highest BCUT2D eigenvalue weighted by atomic mass is 16.5. The average Bonchev–Trinajstić information content (AvgIpc) is 3.24. The number of esters is 1. The monoisotopic (exact) mass is 418 g/mol. The van der Waals surface area contributed by atoms with E-state index in [1.165, 1.54) is 12.2 Å². The molecule has 3 rings (SSSR count). The van der Waals surface area contributed by atoms with E-state index in [0.29, 0.717) is 12.2 Å². The van der Waals surface area contributed by atoms with Crippen molar-refractivity contribution in [3.8, 4) is 0 Å². The topological polar surface area (TPSA) is 86.1 Å². The number of hydrogen-bond acceptors (Lipinski definition) is 5. The maximum absolute atomic E-state index is 12.3. The lowest BCUT2D eigenvalue weighted by Crippen LogP contribution is -2.21. The van der Waals surface area contributed by atoms with Crippen molar-refractivity contribution in [3.05, 3.63) is 83.2 Å². The van der Waals surface area contributed by atoms with E-state index in [-0.39, 0.29) is 12.5 Å². The molecule has 0 fully saturated rings. The Bertz CT molecular complexity index is 1040. The number of aryl methyl sites for hydroxylation is 2. The molecule has 0 aliphatic heterocycles. The minimum absolute atomic E-state index is 0.356. The number of rotatable bonds is 9. The fourth-order valence-corrected chi connectivity index (χ4v) is 3.15. The number of ether oxygens (including phenoxy) is 1. The summed E-state index contributed by atoms with van der Waals surface area (Å²) < 4.78 is 6.74. The second-order valence-corrected chi connectivity index (χ2v) is 6.97. The molecule has 0 unspecified atom stereocenters. The molecule has 0 bridgehead atoms. The van der Waals surface area contributed by atoms with Crippen molar-refractivity contribution in [1.29, 1.82) is 0 Å². The number of carbonyl (C=O) groups is 2. The maximum atomic E-state index is 12.3. The quantitative estimate of drug-likeness (QED) is 0.423. The van der Waals surface area contributed by atoms with Gasteiger partial charge in [-0.2, -0.15) is 0 Å². The summed E-state index contributed by atoms with van der Waals surface area (Å²) in [6, 6.07) is 15.8. The van der Waals surface area contributed by atoms with Crippen LogP contribution in [0.4, 0.5) is 5.69 Å². The molecule has 160 valence electrons. The van der Waals surface area contributed by atoms with Gasteiger partial charge in [0.1, 0.15) is 5.69 Å². The molecule has 0 radical (unpaired) electrons. The van der Waals surface area contributed by atoms with Crippen LogP contribution in [0.2, 0.25) is 0 Å². The van der Waals surface area contributed by atoms with Crippen molar-refractivity contribution in [2.75, 3.05) is 11.9 Å². The van der Waals surface area contributed by atoms with Crippen molar-refractivity contribution < 1.29 is 14.3 Å². The van der Waals surface area contributed by atoms with Crippen LogP contribution < -0.4 is 5.32 Å². The summed E-state index contributed by atoms with van der Waals surface area (Å²) in [6.45, 7) is 4.30. The van der Waals surface area contributed by atoms with Gasteiger partial charge >= 0.3 is 5.97 Å². The number of carbonyl (C=O) groups excluding carboxylic acids is 2. The van der Waals surface area contributed by atoms with Gasteiger partial charge in [0.25, 0.3) is 5.91 Å². The van der Waals surface area contributed by atoms with Crippen molar-refractivity contribution in [1.82, 2.24) is 15.0 Å². The van der Waals surface area contributed by atoms with Crippen LogP contribution in [0.1, 0.15) is 36.2 Å². The van der Waals surface area contributed by atoms with Gasteiger partial charge in [0, 0.05) is 11.8 Å². The zero-order chi connectivity index (χ0) is 22.1. The third kappa shape index (κ3) is 6.37. The lowest BCUT2D eigenvalue weighted by molar-refractivity contribution is -0.142. The minimum Gasteiger partial charge on any atom is -0.452 e. The van der Waals surface area contributed by atoms with Crippen molar-refractivity contribution in [2.45, 2.75) is 33.2 Å². The van der Waals surface area contributed by atoms with Gasteiger partial charge in [0.05, 0.1) is 12.7 Å². The summed E-state index contributed by atoms with van der Waals surface area (Å²) in [5.41, 5.74) is 4.54. The number of benzene rings is 2. The Balaban J connectivity index is 1.50. The molecule has 7 nitrogen and oxygen atoms in total. The Labute approximate surface area is 181 Å². The van der Waals surface area contributed by atoms with Gasteiger partial charge < -0.3 is 10.1 Å². The first kappa shape index (κ1) is 22.0. The normalized spacial score (nSPS) is 10.9. The Kier molecular flexibility index (Phi) is 7.70. The summed E-state index contributed by atoms with van der Waals surface area (Å²) in [6.07, 6.45) is 6.09. The van der Waals surface area contributed by atoms with Crippen molar-refractivity contribution in [3.63, 3.8) is 0 Å². The number of hydrogen-bond donors (Lipinski definition) is 1. The smallest absolute Gasteiger partial charge is 0.331 e. The third-order valence-corrected chi connectivity index (χ3v) is 4.74. The van der Waals surface area contributed by atoms with Crippen LogP contribution >= 0.6 is 0 Å². The fourth-order valence-electron chi connectivity index (χ4n) is 3.15. The second-order valence-electron chi connectivity index (χ2n) is 6.97. The Hall–Kier alpha value is -3.74. The molecular weight excluding hydrogens is 392 g/mol. The van der Waals surface area contributed by atoms with E-state index < -0.39 is 5.97 Å². The van der Waals surface area contributed by atoms with Gasteiger partial charge in [0.2, 0.25) is 0 Å². The highest BCUT2D eigenvalue weighted by molar-refractivity contribution is 5.95. The van der Waals surface area contributed by atoms with Crippen LogP contribution in [-0.2, 0) is 33.7 Å². The van der Waals surface area contributed by atoms with Crippen molar-refractivity contribution >= 4 is 23.6 Å². The van der Waals surface area contributed by atoms with E-state index in [4.69, 9.17) is 4.74 Å². The first-order chi connectivity index (χ1) is 15.1. The van der Waals surface area contributed by atoms with Crippen LogP contribution in [0.15, 0.2) is 60.8 Å². The first-order valence-electron chi connectivity index (χ1n) is 10.3. The number of anilines is 1. The Morgan fingerprint density at radius 1 is 1.03 bits per heavy atom. The molecule has 1 amide bonds. The average molecular weight is 418 g/mol. The molecule has 0 saturated heterocycles. The molecule has 0 atom stereocenters. The van der Waals surface area contributed by atoms with Crippen LogP contribution in [0, 0.1) is 0 Å². The molecule has 0 spiro atoms. The summed E-state index contributed by atoms with van der Waals surface area (Å²) in [7, 11) is 0. The van der Waals surface area contributed by atoms with Gasteiger partial charge in [0.15, 0.2) is 6.61 Å². The molecular formula is C24H26N4O3. The summed E-state index contributed by atoms with van der Waals surface area (Å²) in [5, 5.41) is 10.9. The predicted octanol–water partition coefficient (Wildman–Crippen LogP) is 3.65. The zero-order valence-corrected chi connectivity index (χ0v) is 17.7. The summed E-state index contributed by atoms with van der Waals surface area (Å²) >= 11 is 0. The van der Waals surface area contributed by atoms with Crippen LogP contribution in [0.3, 0.4) is 0 Å². The lowest BCUT2D eigenvalue weighted by atomic mass is 10.0. The Morgan fingerprint density at radius 2 is 1.74 bits per heavy atom. The van der Waals surface area contributed by atoms with Gasteiger partial charge in [-0.25, -0.2) is 9.48 Å². The van der Waals surface area contributed by atoms with E-state index in [2.05, 4.69) is 15.6 Å². The number of nitrogens with one attached hydrogen (secondary N) is 1. The molecule has 0 saturated carbocycles. The molecule has 1 heterocycles. The number of aromatic nitrogens is 3. The minimum atomic E-state index is -0.618. The standard InChI is InChI=1S/C24H26N4O3/c1-3-19-11-8-12-20(4-2)24(19)25-22(29)17-31-23(30)14-13-21-16-28(27-26-21)15-18-9-6-5-7-10-18/h5-14,16H,3-4,15,17H2,1-2H3,(H,25,29)/b14-13+. The largest absolute Gasteiger partial charge is 0.452 e. The van der Waals surface area contributed by atoms with E-state index >= 15 is 0 Å². The van der Waals surface area contributed by atoms with Gasteiger partial charge in [-0.15, -0.1) is 5.10 Å².